The van der Waals surface area contributed by atoms with Gasteiger partial charge in [-0.1, -0.05) is 17.7 Å². The van der Waals surface area contributed by atoms with Gasteiger partial charge in [-0.05, 0) is 25.1 Å². The lowest BCUT2D eigenvalue weighted by atomic mass is 10.3. The second-order valence-corrected chi connectivity index (χ2v) is 6.14. The predicted molar refractivity (Wildman–Crippen MR) is 80.5 cm³/mol. The van der Waals surface area contributed by atoms with Crippen LogP contribution in [0.1, 0.15) is 6.92 Å². The van der Waals surface area contributed by atoms with Crippen LogP contribution in [0.4, 0.5) is 0 Å². The van der Waals surface area contributed by atoms with E-state index >= 15 is 0 Å². The monoisotopic (exact) mass is 341 g/mol. The summed E-state index contributed by atoms with van der Waals surface area (Å²) >= 11 is 5.73. The number of halogens is 2. The van der Waals surface area contributed by atoms with Crippen LogP contribution in [0.2, 0.25) is 5.02 Å². The van der Waals surface area contributed by atoms with E-state index in [1.807, 2.05) is 0 Å². The van der Waals surface area contributed by atoms with Gasteiger partial charge in [-0.2, -0.15) is 0 Å². The molecule has 1 aromatic rings. The summed E-state index contributed by atoms with van der Waals surface area (Å²) in [6.07, 6.45) is 0. The molecule has 20 heavy (non-hydrogen) atoms. The molecule has 1 amide bonds. The highest BCUT2D eigenvalue weighted by atomic mass is 35.5. The molecule has 0 saturated heterocycles. The van der Waals surface area contributed by atoms with Crippen LogP contribution in [-0.2, 0) is 14.8 Å². The van der Waals surface area contributed by atoms with Gasteiger partial charge in [0, 0.05) is 18.1 Å². The maximum absolute atomic E-state index is 11.9. The van der Waals surface area contributed by atoms with Gasteiger partial charge >= 0.3 is 0 Å². The Kier molecular flexibility index (Phi) is 8.07. The lowest BCUT2D eigenvalue weighted by Gasteiger charge is -2.09. The molecule has 0 spiro atoms. The van der Waals surface area contributed by atoms with Gasteiger partial charge in [-0.3, -0.25) is 4.79 Å². The van der Waals surface area contributed by atoms with Crippen LogP contribution >= 0.6 is 24.0 Å². The van der Waals surface area contributed by atoms with Crippen molar-refractivity contribution in [2.75, 3.05) is 13.1 Å². The summed E-state index contributed by atoms with van der Waals surface area (Å²) in [5, 5.41) is 2.84. The zero-order valence-electron chi connectivity index (χ0n) is 10.8. The van der Waals surface area contributed by atoms with E-state index in [1.165, 1.54) is 12.1 Å². The minimum Gasteiger partial charge on any atom is -0.353 e. The van der Waals surface area contributed by atoms with E-state index in [0.717, 1.165) is 0 Å². The van der Waals surface area contributed by atoms with Gasteiger partial charge in [0.2, 0.25) is 15.9 Å². The molecule has 6 nitrogen and oxygen atoms in total. The van der Waals surface area contributed by atoms with Gasteiger partial charge < -0.3 is 11.1 Å². The average Bonchev–Trinajstić information content (AvgIpc) is 2.34. The highest BCUT2D eigenvalue weighted by molar-refractivity contribution is 7.89. The Morgan fingerprint density at radius 1 is 1.40 bits per heavy atom. The van der Waals surface area contributed by atoms with Crippen molar-refractivity contribution >= 4 is 39.9 Å². The quantitative estimate of drug-likeness (QED) is 0.656. The number of carbonyl (C=O) groups excluding carboxylic acids is 1. The minimum absolute atomic E-state index is 0. The molecule has 0 radical (unpaired) electrons. The van der Waals surface area contributed by atoms with Gasteiger partial charge in [0.05, 0.1) is 10.9 Å². The van der Waals surface area contributed by atoms with E-state index in [0.29, 0.717) is 5.02 Å². The first-order valence-electron chi connectivity index (χ1n) is 5.61. The van der Waals surface area contributed by atoms with Gasteiger partial charge in [0.15, 0.2) is 0 Å². The molecule has 1 rings (SSSR count). The molecule has 0 aliphatic rings. The number of hydrogen-bond acceptors (Lipinski definition) is 4. The van der Waals surface area contributed by atoms with Crippen molar-refractivity contribution < 1.29 is 13.2 Å². The van der Waals surface area contributed by atoms with Crippen LogP contribution in [0.5, 0.6) is 0 Å². The van der Waals surface area contributed by atoms with Crippen LogP contribution in [0.3, 0.4) is 0 Å². The Bertz CT molecular complexity index is 550. The fourth-order valence-electron chi connectivity index (χ4n) is 1.25. The normalized spacial score (nSPS) is 12.3. The lowest BCUT2D eigenvalue weighted by Crippen LogP contribution is -2.41. The second kappa shape index (κ2) is 8.43. The smallest absolute Gasteiger partial charge is 0.240 e. The fourth-order valence-corrected chi connectivity index (χ4v) is 2.58. The van der Waals surface area contributed by atoms with Crippen LogP contribution in [0.15, 0.2) is 29.2 Å². The molecule has 0 heterocycles. The third-order valence-corrected chi connectivity index (χ3v) is 3.93. The first-order valence-corrected chi connectivity index (χ1v) is 7.47. The van der Waals surface area contributed by atoms with Crippen LogP contribution in [0, 0.1) is 0 Å². The fraction of sp³-hybridized carbons (Fsp3) is 0.364. The van der Waals surface area contributed by atoms with Crippen molar-refractivity contribution in [1.82, 2.24) is 10.0 Å². The number of benzene rings is 1. The molecule has 0 saturated carbocycles. The number of carbonyl (C=O) groups is 1. The van der Waals surface area contributed by atoms with Crippen molar-refractivity contribution in [3.63, 3.8) is 0 Å². The summed E-state index contributed by atoms with van der Waals surface area (Å²) in [6.45, 7) is 1.79. The molecule has 0 unspecified atom stereocenters. The predicted octanol–water partition coefficient (Wildman–Crippen LogP) is 0.504. The number of rotatable bonds is 6. The van der Waals surface area contributed by atoms with Crippen molar-refractivity contribution in [1.29, 1.82) is 0 Å². The number of nitrogens with two attached hydrogens (primary N) is 1. The molecule has 0 bridgehead atoms. The summed E-state index contributed by atoms with van der Waals surface area (Å²) in [5.74, 6) is -0.332. The molecule has 4 N–H and O–H groups in total. The van der Waals surface area contributed by atoms with Gasteiger partial charge in [0.1, 0.15) is 0 Å². The average molecular weight is 342 g/mol. The molecule has 0 fully saturated rings. The van der Waals surface area contributed by atoms with Crippen molar-refractivity contribution in [3.05, 3.63) is 29.3 Å². The number of amides is 1. The van der Waals surface area contributed by atoms with Crippen LogP contribution in [0.25, 0.3) is 0 Å². The Hall–Kier alpha value is -0.860. The van der Waals surface area contributed by atoms with E-state index in [1.54, 1.807) is 19.1 Å². The summed E-state index contributed by atoms with van der Waals surface area (Å²) < 4.78 is 26.1. The molecule has 0 aliphatic heterocycles. The molecule has 9 heteroatoms. The van der Waals surface area contributed by atoms with E-state index < -0.39 is 16.1 Å². The SMILES string of the molecule is C[C@@H](N)C(=O)NCCNS(=O)(=O)c1cccc(Cl)c1.Cl. The number of nitrogens with one attached hydrogen (secondary N) is 2. The molecule has 1 aromatic carbocycles. The van der Waals surface area contributed by atoms with E-state index in [2.05, 4.69) is 10.0 Å². The zero-order valence-corrected chi connectivity index (χ0v) is 13.2. The molecule has 114 valence electrons. The Morgan fingerprint density at radius 2 is 2.05 bits per heavy atom. The minimum atomic E-state index is -3.62. The van der Waals surface area contributed by atoms with Crippen molar-refractivity contribution in [2.45, 2.75) is 17.9 Å². The van der Waals surface area contributed by atoms with Crippen molar-refractivity contribution in [2.24, 2.45) is 5.73 Å². The molecule has 0 aromatic heterocycles. The van der Waals surface area contributed by atoms with Crippen molar-refractivity contribution in [3.8, 4) is 0 Å². The number of hydrogen-bond donors (Lipinski definition) is 3. The van der Waals surface area contributed by atoms with E-state index in [4.69, 9.17) is 17.3 Å². The second-order valence-electron chi connectivity index (χ2n) is 3.93. The molecule has 1 atom stereocenters. The van der Waals surface area contributed by atoms with Gasteiger partial charge in [-0.25, -0.2) is 13.1 Å². The third kappa shape index (κ3) is 6.06. The third-order valence-electron chi connectivity index (χ3n) is 2.24. The molecular formula is C11H17Cl2N3O3S. The summed E-state index contributed by atoms with van der Waals surface area (Å²) in [5.41, 5.74) is 5.35. The first kappa shape index (κ1) is 19.1. The summed E-state index contributed by atoms with van der Waals surface area (Å²) in [7, 11) is -3.62. The first-order chi connectivity index (χ1) is 8.83. The highest BCUT2D eigenvalue weighted by Crippen LogP contribution is 2.14. The maximum Gasteiger partial charge on any atom is 0.240 e. The maximum atomic E-state index is 11.9. The van der Waals surface area contributed by atoms with Crippen LogP contribution in [-0.4, -0.2) is 33.5 Å². The van der Waals surface area contributed by atoms with Crippen LogP contribution < -0.4 is 15.8 Å². The molecular weight excluding hydrogens is 325 g/mol. The topological polar surface area (TPSA) is 101 Å². The largest absolute Gasteiger partial charge is 0.353 e. The summed E-state index contributed by atoms with van der Waals surface area (Å²) in [4.78, 5) is 11.2. The molecule has 0 aliphatic carbocycles. The van der Waals surface area contributed by atoms with Gasteiger partial charge in [0.25, 0.3) is 0 Å². The number of sulfonamides is 1. The Labute approximate surface area is 129 Å². The lowest BCUT2D eigenvalue weighted by molar-refractivity contribution is -0.121. The Balaban J connectivity index is 0.00000361. The van der Waals surface area contributed by atoms with Gasteiger partial charge in [-0.15, -0.1) is 12.4 Å². The van der Waals surface area contributed by atoms with E-state index in [9.17, 15) is 13.2 Å². The van der Waals surface area contributed by atoms with E-state index in [-0.39, 0.29) is 36.3 Å². The highest BCUT2D eigenvalue weighted by Gasteiger charge is 2.13. The summed E-state index contributed by atoms with van der Waals surface area (Å²) in [6, 6.07) is 5.31. The standard InChI is InChI=1S/C11H16ClN3O3S.ClH/c1-8(13)11(16)14-5-6-15-19(17,18)10-4-2-3-9(12)7-10;/h2-4,7-8,15H,5-6,13H2,1H3,(H,14,16);1H/t8-;/m1./s1. The Morgan fingerprint density at radius 3 is 2.60 bits per heavy atom. The zero-order chi connectivity index (χ0) is 14.5.